The summed E-state index contributed by atoms with van der Waals surface area (Å²) in [6.45, 7) is 1.44. The number of benzene rings is 1. The zero-order valence-corrected chi connectivity index (χ0v) is 11.4. The standard InChI is InChI=1S/C13H17ClN2O3/c1-18-12-7-15-6-11(12)16-13(17)8-19-10-4-2-9(14)3-5-10/h2-5,11-12,15H,6-8H2,1H3,(H,16,17)/t11?,12-/m0/s1. The van der Waals surface area contributed by atoms with E-state index in [4.69, 9.17) is 21.1 Å². The van der Waals surface area contributed by atoms with E-state index in [2.05, 4.69) is 10.6 Å². The van der Waals surface area contributed by atoms with E-state index >= 15 is 0 Å². The smallest absolute Gasteiger partial charge is 0.258 e. The van der Waals surface area contributed by atoms with Crippen LogP contribution in [0.15, 0.2) is 24.3 Å². The Bertz CT molecular complexity index is 424. The van der Waals surface area contributed by atoms with Crippen LogP contribution in [0.5, 0.6) is 5.75 Å². The Morgan fingerprint density at radius 3 is 2.84 bits per heavy atom. The third kappa shape index (κ3) is 4.09. The van der Waals surface area contributed by atoms with E-state index in [1.165, 1.54) is 0 Å². The molecule has 1 saturated heterocycles. The maximum Gasteiger partial charge on any atom is 0.258 e. The number of rotatable bonds is 5. The molecule has 0 saturated carbocycles. The molecular formula is C13H17ClN2O3. The molecule has 5 nitrogen and oxygen atoms in total. The number of carbonyl (C=O) groups is 1. The summed E-state index contributed by atoms with van der Waals surface area (Å²) >= 11 is 5.76. The van der Waals surface area contributed by atoms with E-state index in [9.17, 15) is 4.79 Å². The molecule has 1 aromatic rings. The highest BCUT2D eigenvalue weighted by Crippen LogP contribution is 2.15. The Kier molecular flexibility index (Phi) is 5.01. The molecule has 104 valence electrons. The minimum absolute atomic E-state index is 0.00804. The Labute approximate surface area is 117 Å². The van der Waals surface area contributed by atoms with Crippen molar-refractivity contribution in [2.24, 2.45) is 0 Å². The number of amides is 1. The van der Waals surface area contributed by atoms with Crippen LogP contribution in [0.1, 0.15) is 0 Å². The molecular weight excluding hydrogens is 268 g/mol. The molecule has 1 unspecified atom stereocenters. The quantitative estimate of drug-likeness (QED) is 0.841. The molecule has 0 aliphatic carbocycles. The highest BCUT2D eigenvalue weighted by atomic mass is 35.5. The molecule has 0 spiro atoms. The zero-order valence-electron chi connectivity index (χ0n) is 10.7. The van der Waals surface area contributed by atoms with Gasteiger partial charge < -0.3 is 20.1 Å². The van der Waals surface area contributed by atoms with Crippen molar-refractivity contribution >= 4 is 17.5 Å². The number of ether oxygens (including phenoxy) is 2. The van der Waals surface area contributed by atoms with Crippen molar-refractivity contribution in [2.75, 3.05) is 26.8 Å². The Balaban J connectivity index is 1.77. The first kappa shape index (κ1) is 14.1. The summed E-state index contributed by atoms with van der Waals surface area (Å²) in [5.74, 6) is 0.457. The predicted octanol–water partition coefficient (Wildman–Crippen LogP) is 0.822. The second-order valence-corrected chi connectivity index (χ2v) is 4.79. The monoisotopic (exact) mass is 284 g/mol. The Hall–Kier alpha value is -1.30. The van der Waals surface area contributed by atoms with E-state index in [0.29, 0.717) is 17.3 Å². The van der Waals surface area contributed by atoms with Crippen molar-refractivity contribution in [3.05, 3.63) is 29.3 Å². The van der Waals surface area contributed by atoms with Crippen LogP contribution >= 0.6 is 11.6 Å². The average Bonchev–Trinajstić information content (AvgIpc) is 2.85. The maximum absolute atomic E-state index is 11.8. The van der Waals surface area contributed by atoms with Gasteiger partial charge in [0.1, 0.15) is 5.75 Å². The number of carbonyl (C=O) groups excluding carboxylic acids is 1. The van der Waals surface area contributed by atoms with Gasteiger partial charge in [0, 0.05) is 25.2 Å². The van der Waals surface area contributed by atoms with Crippen LogP contribution in [0.2, 0.25) is 5.02 Å². The van der Waals surface area contributed by atoms with Crippen molar-refractivity contribution < 1.29 is 14.3 Å². The summed E-state index contributed by atoms with van der Waals surface area (Å²) in [6.07, 6.45) is 0.0134. The lowest BCUT2D eigenvalue weighted by Gasteiger charge is -2.18. The lowest BCUT2D eigenvalue weighted by atomic mass is 10.2. The number of nitrogens with one attached hydrogen (secondary N) is 2. The average molecular weight is 285 g/mol. The number of hydrogen-bond acceptors (Lipinski definition) is 4. The van der Waals surface area contributed by atoms with Gasteiger partial charge in [-0.15, -0.1) is 0 Å². The van der Waals surface area contributed by atoms with Gasteiger partial charge in [-0.1, -0.05) is 11.6 Å². The lowest BCUT2D eigenvalue weighted by Crippen LogP contribution is -2.45. The molecule has 6 heteroatoms. The minimum atomic E-state index is -0.161. The molecule has 1 aromatic carbocycles. The number of halogens is 1. The summed E-state index contributed by atoms with van der Waals surface area (Å²) in [4.78, 5) is 11.8. The first-order valence-corrected chi connectivity index (χ1v) is 6.48. The molecule has 2 N–H and O–H groups in total. The lowest BCUT2D eigenvalue weighted by molar-refractivity contribution is -0.124. The molecule has 1 aliphatic heterocycles. The van der Waals surface area contributed by atoms with Gasteiger partial charge in [0.2, 0.25) is 0 Å². The van der Waals surface area contributed by atoms with Crippen molar-refractivity contribution in [3.8, 4) is 5.75 Å². The number of methoxy groups -OCH3 is 1. The van der Waals surface area contributed by atoms with Crippen LogP contribution in [0.25, 0.3) is 0 Å². The summed E-state index contributed by atoms with van der Waals surface area (Å²) < 4.78 is 10.6. The van der Waals surface area contributed by atoms with Gasteiger partial charge in [-0.25, -0.2) is 0 Å². The fourth-order valence-electron chi connectivity index (χ4n) is 1.97. The van der Waals surface area contributed by atoms with Crippen LogP contribution < -0.4 is 15.4 Å². The zero-order chi connectivity index (χ0) is 13.7. The molecule has 0 aromatic heterocycles. The van der Waals surface area contributed by atoms with Crippen LogP contribution in [0.4, 0.5) is 0 Å². The maximum atomic E-state index is 11.8. The highest BCUT2D eigenvalue weighted by molar-refractivity contribution is 6.30. The van der Waals surface area contributed by atoms with Gasteiger partial charge in [0.25, 0.3) is 5.91 Å². The van der Waals surface area contributed by atoms with E-state index in [1.54, 1.807) is 31.4 Å². The molecule has 19 heavy (non-hydrogen) atoms. The molecule has 0 bridgehead atoms. The Morgan fingerprint density at radius 1 is 1.42 bits per heavy atom. The molecule has 1 fully saturated rings. The van der Waals surface area contributed by atoms with Gasteiger partial charge in [-0.05, 0) is 24.3 Å². The molecule has 2 rings (SSSR count). The van der Waals surface area contributed by atoms with Crippen molar-refractivity contribution in [3.63, 3.8) is 0 Å². The third-order valence-electron chi connectivity index (χ3n) is 2.99. The van der Waals surface area contributed by atoms with E-state index in [-0.39, 0.29) is 24.7 Å². The largest absolute Gasteiger partial charge is 0.484 e. The first-order chi connectivity index (χ1) is 9.19. The third-order valence-corrected chi connectivity index (χ3v) is 3.24. The van der Waals surface area contributed by atoms with Crippen molar-refractivity contribution in [1.29, 1.82) is 0 Å². The second kappa shape index (κ2) is 6.75. The number of hydrogen-bond donors (Lipinski definition) is 2. The van der Waals surface area contributed by atoms with Gasteiger partial charge in [0.05, 0.1) is 12.1 Å². The van der Waals surface area contributed by atoms with Gasteiger partial charge in [-0.3, -0.25) is 4.79 Å². The first-order valence-electron chi connectivity index (χ1n) is 6.10. The molecule has 0 radical (unpaired) electrons. The van der Waals surface area contributed by atoms with E-state index in [0.717, 1.165) is 6.54 Å². The fraction of sp³-hybridized carbons (Fsp3) is 0.462. The topological polar surface area (TPSA) is 59.6 Å². The van der Waals surface area contributed by atoms with E-state index < -0.39 is 0 Å². The summed E-state index contributed by atoms with van der Waals surface area (Å²) in [6, 6.07) is 6.88. The van der Waals surface area contributed by atoms with Crippen LogP contribution in [0.3, 0.4) is 0 Å². The molecule has 1 aliphatic rings. The van der Waals surface area contributed by atoms with Gasteiger partial charge in [-0.2, -0.15) is 0 Å². The molecule has 1 amide bonds. The minimum Gasteiger partial charge on any atom is -0.484 e. The predicted molar refractivity (Wildman–Crippen MR) is 72.5 cm³/mol. The summed E-state index contributed by atoms with van der Waals surface area (Å²) in [5.41, 5.74) is 0. The SMILES string of the molecule is CO[C@H]1CNCC1NC(=O)COc1ccc(Cl)cc1. The normalized spacial score (nSPS) is 22.2. The summed E-state index contributed by atoms with van der Waals surface area (Å²) in [7, 11) is 1.64. The van der Waals surface area contributed by atoms with Crippen molar-refractivity contribution in [1.82, 2.24) is 10.6 Å². The van der Waals surface area contributed by atoms with Crippen molar-refractivity contribution in [2.45, 2.75) is 12.1 Å². The second-order valence-electron chi connectivity index (χ2n) is 4.35. The fourth-order valence-corrected chi connectivity index (χ4v) is 2.10. The van der Waals surface area contributed by atoms with Crippen LogP contribution in [-0.4, -0.2) is 44.9 Å². The molecule has 2 atom stereocenters. The van der Waals surface area contributed by atoms with Gasteiger partial charge >= 0.3 is 0 Å². The highest BCUT2D eigenvalue weighted by Gasteiger charge is 2.28. The summed E-state index contributed by atoms with van der Waals surface area (Å²) in [5, 5.41) is 6.68. The van der Waals surface area contributed by atoms with Crippen LogP contribution in [-0.2, 0) is 9.53 Å². The molecule has 1 heterocycles. The van der Waals surface area contributed by atoms with E-state index in [1.807, 2.05) is 0 Å². The van der Waals surface area contributed by atoms with Gasteiger partial charge in [0.15, 0.2) is 6.61 Å². The Morgan fingerprint density at radius 2 is 2.16 bits per heavy atom. The van der Waals surface area contributed by atoms with Crippen LogP contribution in [0, 0.1) is 0 Å².